The summed E-state index contributed by atoms with van der Waals surface area (Å²) < 4.78 is 37.5. The number of carbonyl (C=O) groups excluding carboxylic acids is 2. The normalized spacial score (nSPS) is 11.9. The van der Waals surface area contributed by atoms with Crippen LogP contribution in [0.25, 0.3) is 0 Å². The molecule has 0 heterocycles. The molecule has 8 nitrogen and oxygen atoms in total. The number of carbonyl (C=O) groups is 2. The van der Waals surface area contributed by atoms with Crippen LogP contribution in [0.15, 0.2) is 83.8 Å². The predicted octanol–water partition coefficient (Wildman–Crippen LogP) is 3.55. The number of rotatable bonds is 9. The third-order valence-electron chi connectivity index (χ3n) is 5.18. The maximum Gasteiger partial charge on any atom is 0.338 e. The molecule has 0 saturated heterocycles. The number of hydrogen-bond acceptors (Lipinski definition) is 6. The highest BCUT2D eigenvalue weighted by atomic mass is 32.2. The molecule has 0 saturated carbocycles. The van der Waals surface area contributed by atoms with Gasteiger partial charge in [0.2, 0.25) is 0 Å². The van der Waals surface area contributed by atoms with Crippen LogP contribution in [0.3, 0.4) is 0 Å². The first-order valence-electron chi connectivity index (χ1n) is 10.5. The number of para-hydroxylation sites is 2. The van der Waals surface area contributed by atoms with Crippen molar-refractivity contribution in [3.63, 3.8) is 0 Å². The Bertz CT molecular complexity index is 1240. The Hall–Kier alpha value is -3.85. The number of benzene rings is 3. The topological polar surface area (TPSA) is 102 Å². The predicted molar refractivity (Wildman–Crippen MR) is 128 cm³/mol. The molecule has 3 aromatic rings. The molecule has 3 rings (SSSR count). The lowest BCUT2D eigenvalue weighted by atomic mass is 10.1. The summed E-state index contributed by atoms with van der Waals surface area (Å²) in [6, 6.07) is 21.2. The highest BCUT2D eigenvalue weighted by molar-refractivity contribution is 7.92. The van der Waals surface area contributed by atoms with Crippen LogP contribution in [0.4, 0.5) is 5.69 Å². The molecule has 0 aliphatic rings. The second-order valence-electron chi connectivity index (χ2n) is 7.44. The fraction of sp³-hybridized carbons (Fsp3) is 0.200. The quantitative estimate of drug-likeness (QED) is 0.468. The number of ether oxygens (including phenoxy) is 2. The van der Waals surface area contributed by atoms with Crippen molar-refractivity contribution < 1.29 is 27.5 Å². The number of nitrogens with zero attached hydrogens (tertiary/aromatic N) is 1. The van der Waals surface area contributed by atoms with Crippen LogP contribution in [-0.4, -0.2) is 41.1 Å². The monoisotopic (exact) mass is 482 g/mol. The van der Waals surface area contributed by atoms with Crippen molar-refractivity contribution in [1.82, 2.24) is 5.32 Å². The van der Waals surface area contributed by atoms with Crippen molar-refractivity contribution in [2.45, 2.75) is 17.9 Å². The Morgan fingerprint density at radius 2 is 1.56 bits per heavy atom. The molecule has 1 amide bonds. The van der Waals surface area contributed by atoms with E-state index in [0.29, 0.717) is 11.4 Å². The van der Waals surface area contributed by atoms with Gasteiger partial charge in [-0.25, -0.2) is 13.2 Å². The first-order valence-corrected chi connectivity index (χ1v) is 11.9. The van der Waals surface area contributed by atoms with Crippen LogP contribution in [0.2, 0.25) is 0 Å². The minimum atomic E-state index is -3.90. The smallest absolute Gasteiger partial charge is 0.338 e. The van der Waals surface area contributed by atoms with Gasteiger partial charge in [-0.15, -0.1) is 0 Å². The summed E-state index contributed by atoms with van der Waals surface area (Å²) in [5.41, 5.74) is 1.43. The van der Waals surface area contributed by atoms with E-state index in [1.165, 1.54) is 38.4 Å². The van der Waals surface area contributed by atoms with Crippen molar-refractivity contribution in [3.05, 3.63) is 90.0 Å². The summed E-state index contributed by atoms with van der Waals surface area (Å²) in [6.45, 7) is 1.38. The Balaban J connectivity index is 1.62. The SMILES string of the molecule is COc1ccccc1N(C)S(=O)(=O)c1ccc(C(=O)OCC(=O)N[C@@H](C)c2ccccc2)cc1. The van der Waals surface area contributed by atoms with Crippen molar-refractivity contribution in [2.24, 2.45) is 0 Å². The Kier molecular flexibility index (Phi) is 7.91. The summed E-state index contributed by atoms with van der Waals surface area (Å²) in [7, 11) is -1.01. The molecular formula is C25H26N2O6S. The number of amides is 1. The minimum absolute atomic E-state index is 0.00751. The zero-order valence-corrected chi connectivity index (χ0v) is 19.9. The number of anilines is 1. The summed E-state index contributed by atoms with van der Waals surface area (Å²) in [5.74, 6) is -0.763. The summed E-state index contributed by atoms with van der Waals surface area (Å²) in [5, 5.41) is 2.76. The number of nitrogens with one attached hydrogen (secondary N) is 1. The van der Waals surface area contributed by atoms with Gasteiger partial charge in [-0.2, -0.15) is 0 Å². The second kappa shape index (κ2) is 10.8. The third kappa shape index (κ3) is 5.74. The van der Waals surface area contributed by atoms with E-state index in [9.17, 15) is 18.0 Å². The standard InChI is InChI=1S/C25H26N2O6S/c1-18(19-9-5-4-6-10-19)26-24(28)17-33-25(29)20-13-15-21(16-14-20)34(30,31)27(2)22-11-7-8-12-23(22)32-3/h4-16,18H,17H2,1-3H3,(H,26,28)/t18-/m0/s1. The zero-order valence-electron chi connectivity index (χ0n) is 19.1. The van der Waals surface area contributed by atoms with Crippen LogP contribution < -0.4 is 14.4 Å². The molecule has 0 radical (unpaired) electrons. The van der Waals surface area contributed by atoms with Gasteiger partial charge in [0.25, 0.3) is 15.9 Å². The van der Waals surface area contributed by atoms with Crippen molar-refractivity contribution in [1.29, 1.82) is 0 Å². The molecule has 0 aliphatic heterocycles. The lowest BCUT2D eigenvalue weighted by Crippen LogP contribution is -2.31. The van der Waals surface area contributed by atoms with Gasteiger partial charge >= 0.3 is 5.97 Å². The van der Waals surface area contributed by atoms with Crippen LogP contribution >= 0.6 is 0 Å². The maximum atomic E-state index is 13.0. The second-order valence-corrected chi connectivity index (χ2v) is 9.41. The van der Waals surface area contributed by atoms with E-state index < -0.39 is 28.5 Å². The maximum absolute atomic E-state index is 13.0. The first-order chi connectivity index (χ1) is 16.2. The molecule has 1 N–H and O–H groups in total. The van der Waals surface area contributed by atoms with E-state index in [1.807, 2.05) is 37.3 Å². The van der Waals surface area contributed by atoms with E-state index in [1.54, 1.807) is 24.3 Å². The molecule has 0 aliphatic carbocycles. The molecule has 0 unspecified atom stereocenters. The molecule has 0 aromatic heterocycles. The largest absolute Gasteiger partial charge is 0.495 e. The molecular weight excluding hydrogens is 456 g/mol. The van der Waals surface area contributed by atoms with Crippen LogP contribution in [-0.2, 0) is 19.6 Å². The Morgan fingerprint density at radius 1 is 0.941 bits per heavy atom. The minimum Gasteiger partial charge on any atom is -0.495 e. The molecule has 178 valence electrons. The van der Waals surface area contributed by atoms with E-state index >= 15 is 0 Å². The molecule has 34 heavy (non-hydrogen) atoms. The van der Waals surface area contributed by atoms with E-state index in [0.717, 1.165) is 9.87 Å². The molecule has 0 fully saturated rings. The summed E-state index contributed by atoms with van der Waals surface area (Å²) in [6.07, 6.45) is 0. The average molecular weight is 483 g/mol. The van der Waals surface area contributed by atoms with Gasteiger partial charge in [-0.3, -0.25) is 9.10 Å². The van der Waals surface area contributed by atoms with Gasteiger partial charge in [-0.1, -0.05) is 42.5 Å². The van der Waals surface area contributed by atoms with Crippen LogP contribution in [0.1, 0.15) is 28.9 Å². The van der Waals surface area contributed by atoms with Gasteiger partial charge in [0.15, 0.2) is 6.61 Å². The summed E-state index contributed by atoms with van der Waals surface area (Å²) >= 11 is 0. The fourth-order valence-electron chi connectivity index (χ4n) is 3.26. The van der Waals surface area contributed by atoms with Crippen LogP contribution in [0.5, 0.6) is 5.75 Å². The van der Waals surface area contributed by atoms with E-state index in [-0.39, 0.29) is 16.5 Å². The number of sulfonamides is 1. The van der Waals surface area contributed by atoms with Crippen molar-refractivity contribution >= 4 is 27.6 Å². The van der Waals surface area contributed by atoms with E-state index in [2.05, 4.69) is 5.32 Å². The number of hydrogen-bond donors (Lipinski definition) is 1. The Labute approximate surface area is 199 Å². The molecule has 3 aromatic carbocycles. The molecule has 9 heteroatoms. The van der Waals surface area contributed by atoms with Crippen molar-refractivity contribution in [2.75, 3.05) is 25.1 Å². The highest BCUT2D eigenvalue weighted by Gasteiger charge is 2.24. The lowest BCUT2D eigenvalue weighted by Gasteiger charge is -2.21. The van der Waals surface area contributed by atoms with Crippen LogP contribution in [0, 0.1) is 0 Å². The molecule has 0 spiro atoms. The van der Waals surface area contributed by atoms with Gasteiger partial charge in [0.05, 0.1) is 29.3 Å². The first kappa shape index (κ1) is 24.8. The summed E-state index contributed by atoms with van der Waals surface area (Å²) in [4.78, 5) is 24.4. The van der Waals surface area contributed by atoms with Gasteiger partial charge in [0.1, 0.15) is 5.75 Å². The van der Waals surface area contributed by atoms with Gasteiger partial charge in [-0.05, 0) is 48.9 Å². The molecule has 1 atom stereocenters. The van der Waals surface area contributed by atoms with Crippen molar-refractivity contribution in [3.8, 4) is 5.75 Å². The van der Waals surface area contributed by atoms with Gasteiger partial charge < -0.3 is 14.8 Å². The average Bonchev–Trinajstić information content (AvgIpc) is 2.87. The zero-order chi connectivity index (χ0) is 24.7. The number of methoxy groups -OCH3 is 1. The Morgan fingerprint density at radius 3 is 2.21 bits per heavy atom. The third-order valence-corrected chi connectivity index (χ3v) is 6.97. The molecule has 0 bridgehead atoms. The number of esters is 1. The fourth-order valence-corrected chi connectivity index (χ4v) is 4.47. The highest BCUT2D eigenvalue weighted by Crippen LogP contribution is 2.30. The van der Waals surface area contributed by atoms with Gasteiger partial charge in [0, 0.05) is 7.05 Å². The van der Waals surface area contributed by atoms with E-state index in [4.69, 9.17) is 9.47 Å². The lowest BCUT2D eigenvalue weighted by molar-refractivity contribution is -0.124.